The van der Waals surface area contributed by atoms with E-state index in [0.29, 0.717) is 5.16 Å². The van der Waals surface area contributed by atoms with Crippen molar-refractivity contribution in [2.75, 3.05) is 13.1 Å². The van der Waals surface area contributed by atoms with Crippen molar-refractivity contribution >= 4 is 17.7 Å². The zero-order valence-electron chi connectivity index (χ0n) is 12.2. The van der Waals surface area contributed by atoms with Gasteiger partial charge in [0.2, 0.25) is 11.1 Å². The number of thioether (sulfide) groups is 1. The summed E-state index contributed by atoms with van der Waals surface area (Å²) in [5, 5.41) is 21.3. The summed E-state index contributed by atoms with van der Waals surface area (Å²) in [6.45, 7) is 3.56. The number of aromatic hydroxyl groups is 1. The summed E-state index contributed by atoms with van der Waals surface area (Å²) < 4.78 is 1.57. The van der Waals surface area contributed by atoms with Crippen LogP contribution in [0.3, 0.4) is 0 Å². The van der Waals surface area contributed by atoms with Crippen molar-refractivity contribution in [2.45, 2.75) is 30.2 Å². The summed E-state index contributed by atoms with van der Waals surface area (Å²) in [7, 11) is 0. The molecule has 1 unspecified atom stereocenters. The molecule has 0 bridgehead atoms. The van der Waals surface area contributed by atoms with Crippen molar-refractivity contribution < 1.29 is 9.90 Å². The van der Waals surface area contributed by atoms with Gasteiger partial charge in [-0.05, 0) is 54.5 Å². The molecular weight excluding hydrogens is 302 g/mol. The predicted molar refractivity (Wildman–Crippen MR) is 82.0 cm³/mol. The fourth-order valence-electron chi connectivity index (χ4n) is 2.41. The van der Waals surface area contributed by atoms with Gasteiger partial charge in [-0.25, -0.2) is 0 Å². The molecule has 2 aromatic rings. The molecule has 1 saturated heterocycles. The zero-order chi connectivity index (χ0) is 15.5. The van der Waals surface area contributed by atoms with Crippen LogP contribution in [-0.2, 0) is 4.79 Å². The second-order valence-electron chi connectivity index (χ2n) is 5.18. The van der Waals surface area contributed by atoms with Crippen LogP contribution in [0.5, 0.6) is 5.75 Å². The molecule has 1 fully saturated rings. The number of carbonyl (C=O) groups is 1. The first kappa shape index (κ1) is 14.8. The monoisotopic (exact) mass is 319 g/mol. The topological polar surface area (TPSA) is 84.1 Å². The van der Waals surface area contributed by atoms with Crippen LogP contribution >= 0.6 is 11.8 Å². The standard InChI is InChI=1S/C14H17N5O2S/c1-10(13(21)18-8-2-3-9-18)22-14-15-16-17-19(14)11-4-6-12(20)7-5-11/h4-7,10,20H,2-3,8-9H2,1H3. The number of phenolic OH excluding ortho intramolecular Hbond substituents is 1. The van der Waals surface area contributed by atoms with Crippen LogP contribution in [0.25, 0.3) is 5.69 Å². The smallest absolute Gasteiger partial charge is 0.235 e. The molecule has 116 valence electrons. The fraction of sp³-hybridized carbons (Fsp3) is 0.429. The quantitative estimate of drug-likeness (QED) is 0.859. The minimum absolute atomic E-state index is 0.128. The van der Waals surface area contributed by atoms with Crippen LogP contribution in [0.1, 0.15) is 19.8 Å². The maximum atomic E-state index is 12.4. The van der Waals surface area contributed by atoms with Gasteiger partial charge in [-0.15, -0.1) is 5.10 Å². The van der Waals surface area contributed by atoms with E-state index in [9.17, 15) is 9.90 Å². The van der Waals surface area contributed by atoms with E-state index in [1.807, 2.05) is 11.8 Å². The number of hydrogen-bond donors (Lipinski definition) is 1. The number of hydrogen-bond acceptors (Lipinski definition) is 6. The molecule has 7 nitrogen and oxygen atoms in total. The van der Waals surface area contributed by atoms with Crippen molar-refractivity contribution in [3.8, 4) is 11.4 Å². The lowest BCUT2D eigenvalue weighted by molar-refractivity contribution is -0.129. The van der Waals surface area contributed by atoms with E-state index in [4.69, 9.17) is 0 Å². The molecule has 1 aliphatic rings. The minimum atomic E-state index is -0.236. The van der Waals surface area contributed by atoms with Gasteiger partial charge >= 0.3 is 0 Å². The first-order valence-electron chi connectivity index (χ1n) is 7.18. The van der Waals surface area contributed by atoms with Crippen molar-refractivity contribution in [2.24, 2.45) is 0 Å². The average molecular weight is 319 g/mol. The van der Waals surface area contributed by atoms with Crippen molar-refractivity contribution in [3.63, 3.8) is 0 Å². The first-order valence-corrected chi connectivity index (χ1v) is 8.06. The van der Waals surface area contributed by atoms with Crippen LogP contribution in [-0.4, -0.2) is 54.5 Å². The van der Waals surface area contributed by atoms with Gasteiger partial charge in [0.05, 0.1) is 10.9 Å². The molecule has 8 heteroatoms. The summed E-state index contributed by atoms with van der Waals surface area (Å²) >= 11 is 1.34. The third-order valence-corrected chi connectivity index (χ3v) is 4.60. The maximum absolute atomic E-state index is 12.4. The van der Waals surface area contributed by atoms with Crippen LogP contribution in [0.15, 0.2) is 29.4 Å². The van der Waals surface area contributed by atoms with Gasteiger partial charge in [-0.1, -0.05) is 11.8 Å². The predicted octanol–water partition coefficient (Wildman–Crippen LogP) is 1.47. The van der Waals surface area contributed by atoms with E-state index in [-0.39, 0.29) is 16.9 Å². The Morgan fingerprint density at radius 2 is 1.95 bits per heavy atom. The zero-order valence-corrected chi connectivity index (χ0v) is 13.0. The summed E-state index contributed by atoms with van der Waals surface area (Å²) in [4.78, 5) is 14.3. The van der Waals surface area contributed by atoms with E-state index in [1.165, 1.54) is 11.8 Å². The SMILES string of the molecule is CC(Sc1nnnn1-c1ccc(O)cc1)C(=O)N1CCCC1. The van der Waals surface area contributed by atoms with Crippen LogP contribution < -0.4 is 0 Å². The van der Waals surface area contributed by atoms with Gasteiger partial charge in [0, 0.05) is 13.1 Å². The highest BCUT2D eigenvalue weighted by molar-refractivity contribution is 8.00. The number of benzene rings is 1. The van der Waals surface area contributed by atoms with E-state index in [2.05, 4.69) is 15.5 Å². The second-order valence-corrected chi connectivity index (χ2v) is 6.49. The number of tetrazole rings is 1. The number of rotatable bonds is 4. The van der Waals surface area contributed by atoms with Gasteiger partial charge in [-0.2, -0.15) is 4.68 Å². The molecule has 22 heavy (non-hydrogen) atoms. The van der Waals surface area contributed by atoms with Gasteiger partial charge < -0.3 is 10.0 Å². The Labute approximate surface area is 132 Å². The number of carbonyl (C=O) groups excluding carboxylic acids is 1. The summed E-state index contributed by atoms with van der Waals surface area (Å²) in [5.74, 6) is 0.311. The lowest BCUT2D eigenvalue weighted by Crippen LogP contribution is -2.34. The molecule has 1 atom stereocenters. The largest absolute Gasteiger partial charge is 0.508 e. The van der Waals surface area contributed by atoms with Crippen LogP contribution in [0.4, 0.5) is 0 Å². The molecule has 1 N–H and O–H groups in total. The van der Waals surface area contributed by atoms with E-state index in [0.717, 1.165) is 31.6 Å². The lowest BCUT2D eigenvalue weighted by atomic mass is 10.3. The average Bonchev–Trinajstić information content (AvgIpc) is 3.18. The molecule has 1 amide bonds. The number of phenols is 1. The highest BCUT2D eigenvalue weighted by Gasteiger charge is 2.25. The van der Waals surface area contributed by atoms with E-state index < -0.39 is 0 Å². The molecule has 0 radical (unpaired) electrons. The molecule has 3 rings (SSSR count). The van der Waals surface area contributed by atoms with Gasteiger partial charge in [0.15, 0.2) is 0 Å². The molecule has 0 spiro atoms. The van der Waals surface area contributed by atoms with Gasteiger partial charge in [0.1, 0.15) is 5.75 Å². The molecular formula is C14H17N5O2S. The molecule has 0 saturated carbocycles. The van der Waals surface area contributed by atoms with Crippen LogP contribution in [0, 0.1) is 0 Å². The number of amides is 1. The number of likely N-dealkylation sites (tertiary alicyclic amines) is 1. The van der Waals surface area contributed by atoms with E-state index in [1.54, 1.807) is 28.9 Å². The van der Waals surface area contributed by atoms with E-state index >= 15 is 0 Å². The highest BCUT2D eigenvalue weighted by Crippen LogP contribution is 2.25. The Hall–Kier alpha value is -2.09. The molecule has 2 heterocycles. The number of nitrogens with zero attached hydrogens (tertiary/aromatic N) is 5. The minimum Gasteiger partial charge on any atom is -0.508 e. The van der Waals surface area contributed by atoms with Gasteiger partial charge in [0.25, 0.3) is 0 Å². The molecule has 0 aliphatic carbocycles. The fourth-order valence-corrected chi connectivity index (χ4v) is 3.30. The van der Waals surface area contributed by atoms with Gasteiger partial charge in [-0.3, -0.25) is 4.79 Å². The van der Waals surface area contributed by atoms with Crippen molar-refractivity contribution in [1.82, 2.24) is 25.1 Å². The Morgan fingerprint density at radius 1 is 1.27 bits per heavy atom. The number of aromatic nitrogens is 4. The summed E-state index contributed by atoms with van der Waals surface area (Å²) in [5.41, 5.74) is 0.742. The first-order chi connectivity index (χ1) is 10.6. The van der Waals surface area contributed by atoms with Crippen molar-refractivity contribution in [1.29, 1.82) is 0 Å². The third-order valence-electron chi connectivity index (χ3n) is 3.58. The maximum Gasteiger partial charge on any atom is 0.235 e. The highest BCUT2D eigenvalue weighted by atomic mass is 32.2. The Morgan fingerprint density at radius 3 is 2.64 bits per heavy atom. The molecule has 1 aliphatic heterocycles. The van der Waals surface area contributed by atoms with Crippen molar-refractivity contribution in [3.05, 3.63) is 24.3 Å². The second kappa shape index (κ2) is 6.35. The summed E-state index contributed by atoms with van der Waals surface area (Å²) in [6.07, 6.45) is 2.16. The molecule has 1 aromatic heterocycles. The van der Waals surface area contributed by atoms with Crippen LogP contribution in [0.2, 0.25) is 0 Å². The Kier molecular flexibility index (Phi) is 4.28. The Balaban J connectivity index is 1.74. The Bertz CT molecular complexity index is 652. The third kappa shape index (κ3) is 3.06. The normalized spacial score (nSPS) is 16.0. The lowest BCUT2D eigenvalue weighted by Gasteiger charge is -2.19. The molecule has 1 aromatic carbocycles. The summed E-state index contributed by atoms with van der Waals surface area (Å²) in [6, 6.07) is 6.60.